The minimum atomic E-state index is -3.28. The summed E-state index contributed by atoms with van der Waals surface area (Å²) in [6, 6.07) is 6.69. The van der Waals surface area contributed by atoms with E-state index in [1.807, 2.05) is 6.92 Å². The lowest BCUT2D eigenvalue weighted by atomic mass is 10.1. The maximum absolute atomic E-state index is 12.6. The molecule has 0 aromatic heterocycles. The van der Waals surface area contributed by atoms with E-state index in [0.29, 0.717) is 24.2 Å². The minimum Gasteiger partial charge on any atom is -0.224 e. The van der Waals surface area contributed by atoms with Gasteiger partial charge < -0.3 is 0 Å². The van der Waals surface area contributed by atoms with Crippen LogP contribution in [0, 0.1) is 6.92 Å². The molecular weight excluding hydrogens is 270 g/mol. The maximum atomic E-state index is 12.6. The zero-order chi connectivity index (χ0) is 14.5. The quantitative estimate of drug-likeness (QED) is 0.712. The molecule has 0 saturated carbocycles. The van der Waals surface area contributed by atoms with Gasteiger partial charge in [0, 0.05) is 6.42 Å². The lowest BCUT2D eigenvalue weighted by Crippen LogP contribution is -2.10. The molecule has 108 valence electrons. The van der Waals surface area contributed by atoms with E-state index in [4.69, 9.17) is 0 Å². The predicted molar refractivity (Wildman–Crippen MR) is 72.3 cm³/mol. The van der Waals surface area contributed by atoms with Crippen LogP contribution in [0.15, 0.2) is 29.2 Å². The average molecular weight is 290 g/mol. The molecule has 5 heteroatoms. The number of hydrogen-bond donors (Lipinski definition) is 0. The first-order valence-electron chi connectivity index (χ1n) is 6.38. The van der Waals surface area contributed by atoms with Crippen molar-refractivity contribution in [2.75, 3.05) is 5.75 Å². The van der Waals surface area contributed by atoms with Crippen LogP contribution in [0.4, 0.5) is 8.78 Å². The Hall–Kier alpha value is -0.970. The molecule has 0 bridgehead atoms. The molecule has 1 aromatic rings. The fourth-order valence-corrected chi connectivity index (χ4v) is 3.14. The summed E-state index contributed by atoms with van der Waals surface area (Å²) in [6.07, 6.45) is 1.10. The van der Waals surface area contributed by atoms with Gasteiger partial charge in [-0.2, -0.15) is 0 Å². The smallest absolute Gasteiger partial charge is 0.224 e. The van der Waals surface area contributed by atoms with E-state index in [9.17, 15) is 17.2 Å². The lowest BCUT2D eigenvalue weighted by molar-refractivity contribution is 0.0105. The Balaban J connectivity index is 2.42. The maximum Gasteiger partial charge on any atom is 0.245 e. The molecule has 0 saturated heterocycles. The van der Waals surface area contributed by atoms with Crippen LogP contribution in [-0.4, -0.2) is 20.1 Å². The Morgan fingerprint density at radius 3 is 2.16 bits per heavy atom. The van der Waals surface area contributed by atoms with E-state index >= 15 is 0 Å². The summed E-state index contributed by atoms with van der Waals surface area (Å²) in [5, 5.41) is 0. The summed E-state index contributed by atoms with van der Waals surface area (Å²) in [4.78, 5) is 0.305. The summed E-state index contributed by atoms with van der Waals surface area (Å²) in [5.74, 6) is -2.64. The van der Waals surface area contributed by atoms with Crippen LogP contribution in [-0.2, 0) is 9.84 Å². The standard InChI is InChI=1S/C14H20F2O2S/c1-12-6-8-13(9-7-12)19(17,18)11-5-3-4-10-14(2,15)16/h6-9H,3-5,10-11H2,1-2H3. The van der Waals surface area contributed by atoms with Crippen LogP contribution in [0.2, 0.25) is 0 Å². The lowest BCUT2D eigenvalue weighted by Gasteiger charge is -2.09. The van der Waals surface area contributed by atoms with Crippen LogP contribution in [0.1, 0.15) is 38.2 Å². The Kier molecular flexibility index (Phi) is 5.47. The van der Waals surface area contributed by atoms with E-state index in [1.54, 1.807) is 24.3 Å². The first-order chi connectivity index (χ1) is 8.71. The molecule has 0 N–H and O–H groups in total. The van der Waals surface area contributed by atoms with Crippen LogP contribution in [0.25, 0.3) is 0 Å². The first kappa shape index (κ1) is 16.1. The van der Waals surface area contributed by atoms with Gasteiger partial charge >= 0.3 is 0 Å². The van der Waals surface area contributed by atoms with E-state index in [-0.39, 0.29) is 12.2 Å². The third-order valence-electron chi connectivity index (χ3n) is 2.91. The number of rotatable bonds is 7. The summed E-state index contributed by atoms with van der Waals surface area (Å²) < 4.78 is 49.0. The molecule has 0 aliphatic heterocycles. The average Bonchev–Trinajstić information content (AvgIpc) is 2.27. The van der Waals surface area contributed by atoms with Gasteiger partial charge in [0.1, 0.15) is 0 Å². The highest BCUT2D eigenvalue weighted by molar-refractivity contribution is 7.91. The zero-order valence-corrected chi connectivity index (χ0v) is 12.1. The number of hydrogen-bond acceptors (Lipinski definition) is 2. The van der Waals surface area contributed by atoms with Crippen molar-refractivity contribution < 1.29 is 17.2 Å². The highest BCUT2D eigenvalue weighted by Crippen LogP contribution is 2.21. The highest BCUT2D eigenvalue weighted by Gasteiger charge is 2.20. The van der Waals surface area contributed by atoms with Crippen molar-refractivity contribution in [3.63, 3.8) is 0 Å². The fraction of sp³-hybridized carbons (Fsp3) is 0.571. The van der Waals surface area contributed by atoms with Gasteiger partial charge in [0.2, 0.25) is 5.92 Å². The van der Waals surface area contributed by atoms with Gasteiger partial charge in [-0.3, -0.25) is 0 Å². The second-order valence-corrected chi connectivity index (χ2v) is 7.12. The van der Waals surface area contributed by atoms with E-state index in [1.165, 1.54) is 0 Å². The summed E-state index contributed by atoms with van der Waals surface area (Å²) in [5.41, 5.74) is 1.00. The van der Waals surface area contributed by atoms with Crippen molar-refractivity contribution in [2.24, 2.45) is 0 Å². The number of aryl methyl sites for hydroxylation is 1. The largest absolute Gasteiger partial charge is 0.245 e. The fourth-order valence-electron chi connectivity index (χ4n) is 1.77. The minimum absolute atomic E-state index is 0.0192. The number of benzene rings is 1. The summed E-state index contributed by atoms with van der Waals surface area (Å²) in [6.45, 7) is 2.78. The number of halogens is 2. The molecule has 0 unspecified atom stereocenters. The molecule has 0 heterocycles. The summed E-state index contributed by atoms with van der Waals surface area (Å²) in [7, 11) is -3.28. The molecule has 0 amide bonds. The molecule has 2 nitrogen and oxygen atoms in total. The van der Waals surface area contributed by atoms with E-state index in [0.717, 1.165) is 12.5 Å². The van der Waals surface area contributed by atoms with Gasteiger partial charge in [-0.25, -0.2) is 17.2 Å². The van der Waals surface area contributed by atoms with Crippen LogP contribution < -0.4 is 0 Å². The van der Waals surface area contributed by atoms with Gasteiger partial charge in [0.15, 0.2) is 9.84 Å². The molecule has 0 fully saturated rings. The van der Waals surface area contributed by atoms with Crippen LogP contribution in [0.5, 0.6) is 0 Å². The number of unbranched alkanes of at least 4 members (excludes halogenated alkanes) is 2. The Bertz CT molecular complexity index is 487. The van der Waals surface area contributed by atoms with Gasteiger partial charge in [-0.1, -0.05) is 24.1 Å². The predicted octanol–water partition coefficient (Wildman–Crippen LogP) is 3.98. The molecule has 0 radical (unpaired) electrons. The molecule has 0 spiro atoms. The normalized spacial score (nSPS) is 12.6. The van der Waals surface area contributed by atoms with Crippen molar-refractivity contribution >= 4 is 9.84 Å². The van der Waals surface area contributed by atoms with Crippen molar-refractivity contribution in [2.45, 2.75) is 50.3 Å². The number of alkyl halides is 2. The molecule has 0 atom stereocenters. The second kappa shape index (κ2) is 6.46. The van der Waals surface area contributed by atoms with Crippen LogP contribution >= 0.6 is 0 Å². The van der Waals surface area contributed by atoms with E-state index < -0.39 is 15.8 Å². The topological polar surface area (TPSA) is 34.1 Å². The molecule has 0 aliphatic carbocycles. The van der Waals surface area contributed by atoms with E-state index in [2.05, 4.69) is 0 Å². The van der Waals surface area contributed by atoms with Crippen molar-refractivity contribution in [1.29, 1.82) is 0 Å². The van der Waals surface area contributed by atoms with Gasteiger partial charge in [0.05, 0.1) is 10.6 Å². The first-order valence-corrected chi connectivity index (χ1v) is 8.03. The molecule has 0 aliphatic rings. The Morgan fingerprint density at radius 2 is 1.63 bits per heavy atom. The second-order valence-electron chi connectivity index (χ2n) is 5.01. The molecule has 1 aromatic carbocycles. The molecule has 19 heavy (non-hydrogen) atoms. The zero-order valence-electron chi connectivity index (χ0n) is 11.3. The highest BCUT2D eigenvalue weighted by atomic mass is 32.2. The number of sulfone groups is 1. The third kappa shape index (κ3) is 6.14. The Labute approximate surface area is 113 Å². The Morgan fingerprint density at radius 1 is 1.05 bits per heavy atom. The molecule has 1 rings (SSSR count). The monoisotopic (exact) mass is 290 g/mol. The van der Waals surface area contributed by atoms with Crippen molar-refractivity contribution in [3.05, 3.63) is 29.8 Å². The van der Waals surface area contributed by atoms with Crippen molar-refractivity contribution in [3.8, 4) is 0 Å². The SMILES string of the molecule is Cc1ccc(S(=O)(=O)CCCCCC(C)(F)F)cc1. The van der Waals surface area contributed by atoms with Gasteiger partial charge in [-0.05, 0) is 38.8 Å². The third-order valence-corrected chi connectivity index (χ3v) is 4.73. The van der Waals surface area contributed by atoms with Crippen LogP contribution in [0.3, 0.4) is 0 Å². The molecular formula is C14H20F2O2S. The van der Waals surface area contributed by atoms with Crippen molar-refractivity contribution in [1.82, 2.24) is 0 Å². The van der Waals surface area contributed by atoms with Gasteiger partial charge in [0.25, 0.3) is 0 Å². The summed E-state index contributed by atoms with van der Waals surface area (Å²) >= 11 is 0. The van der Waals surface area contributed by atoms with Gasteiger partial charge in [-0.15, -0.1) is 0 Å².